The lowest BCUT2D eigenvalue weighted by Crippen LogP contribution is -2.28. The average molecular weight is 305 g/mol. The van der Waals surface area contributed by atoms with E-state index in [1.54, 1.807) is 0 Å². The van der Waals surface area contributed by atoms with Gasteiger partial charge in [0.2, 0.25) is 11.7 Å². The lowest BCUT2D eigenvalue weighted by molar-refractivity contribution is 0.374. The molecule has 1 aliphatic rings. The summed E-state index contributed by atoms with van der Waals surface area (Å²) in [5.74, 6) is 1.32. The van der Waals surface area contributed by atoms with Crippen molar-refractivity contribution < 1.29 is 4.52 Å². The van der Waals surface area contributed by atoms with Crippen LogP contribution in [0.2, 0.25) is 0 Å². The highest BCUT2D eigenvalue weighted by molar-refractivity contribution is 5.60. The minimum Gasteiger partial charge on any atom is -0.359 e. The number of para-hydroxylation sites is 1. The molecule has 0 bridgehead atoms. The normalized spacial score (nSPS) is 16.6. The van der Waals surface area contributed by atoms with Crippen molar-refractivity contribution >= 4 is 5.69 Å². The van der Waals surface area contributed by atoms with Crippen molar-refractivity contribution in [3.8, 4) is 11.4 Å². The number of hydrogen-bond acceptors (Lipinski definition) is 4. The Balaban J connectivity index is 1.60. The Labute approximate surface area is 135 Å². The number of nitrogens with zero attached hydrogens (tertiary/aromatic N) is 3. The highest BCUT2D eigenvalue weighted by Gasteiger charge is 2.27. The van der Waals surface area contributed by atoms with Crippen LogP contribution in [0.25, 0.3) is 11.4 Å². The maximum Gasteiger partial charge on any atom is 0.246 e. The van der Waals surface area contributed by atoms with Gasteiger partial charge in [-0.15, -0.1) is 0 Å². The first-order chi connectivity index (χ1) is 11.2. The van der Waals surface area contributed by atoms with E-state index in [9.17, 15) is 0 Å². The monoisotopic (exact) mass is 305 g/mol. The molecule has 0 unspecified atom stereocenters. The molecule has 3 aromatic rings. The Bertz CT molecular complexity index is 840. The molecule has 1 aliphatic heterocycles. The third-order valence-corrected chi connectivity index (χ3v) is 4.51. The fourth-order valence-electron chi connectivity index (χ4n) is 3.27. The molecule has 23 heavy (non-hydrogen) atoms. The van der Waals surface area contributed by atoms with Crippen LogP contribution in [-0.2, 0) is 13.0 Å². The van der Waals surface area contributed by atoms with Gasteiger partial charge >= 0.3 is 0 Å². The molecule has 4 rings (SSSR count). The minimum atomic E-state index is 0.446. The smallest absolute Gasteiger partial charge is 0.246 e. The van der Waals surface area contributed by atoms with Crippen molar-refractivity contribution in [2.75, 3.05) is 4.90 Å². The fraction of sp³-hybridized carbons (Fsp3) is 0.263. The van der Waals surface area contributed by atoms with Crippen LogP contribution >= 0.6 is 0 Å². The Morgan fingerprint density at radius 3 is 2.78 bits per heavy atom. The van der Waals surface area contributed by atoms with Crippen molar-refractivity contribution in [3.05, 3.63) is 65.5 Å². The standard InChI is InChI=1S/C19H19N3O/c1-13-7-3-5-9-16(13)19-20-18(23-21-19)12-22-14(2)11-15-8-4-6-10-17(15)22/h3-10,14H,11-12H2,1-2H3/t14-/m1/s1. The van der Waals surface area contributed by atoms with E-state index < -0.39 is 0 Å². The van der Waals surface area contributed by atoms with Crippen LogP contribution in [-0.4, -0.2) is 16.2 Å². The second-order valence-corrected chi connectivity index (χ2v) is 6.14. The molecule has 0 saturated heterocycles. The van der Waals surface area contributed by atoms with Gasteiger partial charge in [-0.3, -0.25) is 0 Å². The van der Waals surface area contributed by atoms with Crippen LogP contribution in [0.3, 0.4) is 0 Å². The molecular formula is C19H19N3O. The largest absolute Gasteiger partial charge is 0.359 e. The van der Waals surface area contributed by atoms with Crippen LogP contribution in [0.4, 0.5) is 5.69 Å². The predicted octanol–water partition coefficient (Wildman–Crippen LogP) is 4.00. The number of rotatable bonds is 3. The summed E-state index contributed by atoms with van der Waals surface area (Å²) in [5.41, 5.74) is 4.84. The van der Waals surface area contributed by atoms with Crippen molar-refractivity contribution in [1.82, 2.24) is 10.1 Å². The van der Waals surface area contributed by atoms with Gasteiger partial charge in [0.05, 0.1) is 6.54 Å². The van der Waals surface area contributed by atoms with E-state index in [2.05, 4.69) is 59.2 Å². The van der Waals surface area contributed by atoms with E-state index in [0.29, 0.717) is 24.3 Å². The molecule has 1 atom stereocenters. The number of aromatic nitrogens is 2. The van der Waals surface area contributed by atoms with E-state index in [4.69, 9.17) is 4.52 Å². The molecule has 2 aromatic carbocycles. The Morgan fingerprint density at radius 1 is 1.13 bits per heavy atom. The maximum atomic E-state index is 5.50. The molecule has 4 heteroatoms. The van der Waals surface area contributed by atoms with Gasteiger partial charge in [0.25, 0.3) is 0 Å². The van der Waals surface area contributed by atoms with Gasteiger partial charge in [0.15, 0.2) is 0 Å². The molecular weight excluding hydrogens is 286 g/mol. The van der Waals surface area contributed by atoms with Gasteiger partial charge in [0.1, 0.15) is 0 Å². The number of aryl methyl sites for hydroxylation is 1. The summed E-state index contributed by atoms with van der Waals surface area (Å²) in [6, 6.07) is 17.1. The molecule has 0 spiro atoms. The van der Waals surface area contributed by atoms with Crippen LogP contribution in [0, 0.1) is 6.92 Å². The zero-order valence-electron chi connectivity index (χ0n) is 13.4. The number of anilines is 1. The lowest BCUT2D eigenvalue weighted by Gasteiger charge is -2.22. The van der Waals surface area contributed by atoms with Gasteiger partial charge in [-0.1, -0.05) is 47.6 Å². The summed E-state index contributed by atoms with van der Waals surface area (Å²) < 4.78 is 5.50. The minimum absolute atomic E-state index is 0.446. The fourth-order valence-corrected chi connectivity index (χ4v) is 3.27. The van der Waals surface area contributed by atoms with Crippen molar-refractivity contribution in [1.29, 1.82) is 0 Å². The van der Waals surface area contributed by atoms with Gasteiger partial charge in [-0.25, -0.2) is 0 Å². The Hall–Kier alpha value is -2.62. The van der Waals surface area contributed by atoms with E-state index >= 15 is 0 Å². The molecule has 0 fully saturated rings. The second kappa shape index (κ2) is 5.54. The summed E-state index contributed by atoms with van der Waals surface area (Å²) in [5, 5.41) is 4.16. The van der Waals surface area contributed by atoms with Crippen molar-refractivity contribution in [3.63, 3.8) is 0 Å². The molecule has 4 nitrogen and oxygen atoms in total. The van der Waals surface area contributed by atoms with Gasteiger partial charge in [-0.2, -0.15) is 4.98 Å². The molecule has 0 saturated carbocycles. The first kappa shape index (κ1) is 14.0. The first-order valence-electron chi connectivity index (χ1n) is 7.95. The summed E-state index contributed by atoms with van der Waals surface area (Å²) >= 11 is 0. The molecule has 2 heterocycles. The quantitative estimate of drug-likeness (QED) is 0.733. The van der Waals surface area contributed by atoms with Crippen molar-refractivity contribution in [2.24, 2.45) is 0 Å². The summed E-state index contributed by atoms with van der Waals surface area (Å²) in [6.07, 6.45) is 1.06. The maximum absolute atomic E-state index is 5.50. The van der Waals surface area contributed by atoms with E-state index in [1.807, 2.05) is 18.2 Å². The molecule has 0 radical (unpaired) electrons. The highest BCUT2D eigenvalue weighted by atomic mass is 16.5. The third-order valence-electron chi connectivity index (χ3n) is 4.51. The molecule has 116 valence electrons. The molecule has 0 amide bonds. The van der Waals surface area contributed by atoms with Crippen LogP contribution in [0.5, 0.6) is 0 Å². The van der Waals surface area contributed by atoms with Crippen molar-refractivity contribution in [2.45, 2.75) is 32.9 Å². The number of hydrogen-bond donors (Lipinski definition) is 0. The second-order valence-electron chi connectivity index (χ2n) is 6.14. The van der Waals surface area contributed by atoms with Gasteiger partial charge < -0.3 is 9.42 Å². The van der Waals surface area contributed by atoms with Crippen LogP contribution in [0.15, 0.2) is 53.1 Å². The zero-order chi connectivity index (χ0) is 15.8. The molecule has 0 N–H and O–H groups in total. The summed E-state index contributed by atoms with van der Waals surface area (Å²) in [6.45, 7) is 4.94. The van der Waals surface area contributed by atoms with Gasteiger partial charge in [0, 0.05) is 17.3 Å². The topological polar surface area (TPSA) is 42.2 Å². The van der Waals surface area contributed by atoms with Crippen LogP contribution < -0.4 is 4.90 Å². The highest BCUT2D eigenvalue weighted by Crippen LogP contribution is 2.33. The predicted molar refractivity (Wildman–Crippen MR) is 90.3 cm³/mol. The van der Waals surface area contributed by atoms with Crippen LogP contribution in [0.1, 0.15) is 23.9 Å². The summed E-state index contributed by atoms with van der Waals surface area (Å²) in [4.78, 5) is 6.93. The van der Waals surface area contributed by atoms with E-state index in [-0.39, 0.29) is 0 Å². The molecule has 0 aliphatic carbocycles. The first-order valence-corrected chi connectivity index (χ1v) is 7.95. The van der Waals surface area contributed by atoms with Gasteiger partial charge in [-0.05, 0) is 37.5 Å². The van der Waals surface area contributed by atoms with E-state index in [1.165, 1.54) is 11.3 Å². The zero-order valence-corrected chi connectivity index (χ0v) is 13.4. The van der Waals surface area contributed by atoms with E-state index in [0.717, 1.165) is 17.5 Å². The summed E-state index contributed by atoms with van der Waals surface area (Å²) in [7, 11) is 0. The SMILES string of the molecule is Cc1ccccc1-c1noc(CN2c3ccccc3C[C@H]2C)n1. The Kier molecular flexibility index (Phi) is 3.37. The average Bonchev–Trinajstić information content (AvgIpc) is 3.14. The number of benzene rings is 2. The number of fused-ring (bicyclic) bond motifs is 1. The lowest BCUT2D eigenvalue weighted by atomic mass is 10.1. The third kappa shape index (κ3) is 2.50. The Morgan fingerprint density at radius 2 is 1.91 bits per heavy atom. The molecule has 1 aromatic heterocycles.